The predicted molar refractivity (Wildman–Crippen MR) is 83.4 cm³/mol. The van der Waals surface area contributed by atoms with Gasteiger partial charge in [-0.15, -0.1) is 11.3 Å². The Morgan fingerprint density at radius 3 is 2.81 bits per heavy atom. The molecular formula is C16H23NO3S. The summed E-state index contributed by atoms with van der Waals surface area (Å²) in [7, 11) is 0. The summed E-state index contributed by atoms with van der Waals surface area (Å²) in [5.41, 5.74) is 0. The van der Waals surface area contributed by atoms with Crippen molar-refractivity contribution < 1.29 is 14.7 Å². The van der Waals surface area contributed by atoms with Gasteiger partial charge in [0.15, 0.2) is 0 Å². The SMILES string of the molecule is O=C(CCCc1cccs1)N[C@H]1CCCCC[C@H]1C(=O)O. The molecule has 5 heteroatoms. The third-order valence-electron chi connectivity index (χ3n) is 4.09. The van der Waals surface area contributed by atoms with Crippen LogP contribution in [-0.2, 0) is 16.0 Å². The summed E-state index contributed by atoms with van der Waals surface area (Å²) in [6, 6.07) is 3.90. The standard InChI is InChI=1S/C16H23NO3S/c18-15(10-4-6-12-7-5-11-21-12)17-14-9-3-1-2-8-13(14)16(19)20/h5,7,11,13-14H,1-4,6,8-10H2,(H,17,18)(H,19,20)/t13-,14+/m1/s1. The van der Waals surface area contributed by atoms with Crippen LogP contribution in [0.25, 0.3) is 0 Å². The molecule has 116 valence electrons. The maximum atomic E-state index is 12.0. The lowest BCUT2D eigenvalue weighted by Gasteiger charge is -2.22. The van der Waals surface area contributed by atoms with Gasteiger partial charge in [0, 0.05) is 17.3 Å². The Kier molecular flexibility index (Phi) is 6.23. The molecule has 4 nitrogen and oxygen atoms in total. The lowest BCUT2D eigenvalue weighted by molar-refractivity contribution is -0.143. The number of hydrogen-bond donors (Lipinski definition) is 2. The summed E-state index contributed by atoms with van der Waals surface area (Å²) in [4.78, 5) is 24.6. The summed E-state index contributed by atoms with van der Waals surface area (Å²) in [5, 5.41) is 14.3. The monoisotopic (exact) mass is 309 g/mol. The number of carbonyl (C=O) groups excluding carboxylic acids is 1. The van der Waals surface area contributed by atoms with E-state index in [1.165, 1.54) is 4.88 Å². The molecule has 21 heavy (non-hydrogen) atoms. The normalized spacial score (nSPS) is 22.5. The summed E-state index contributed by atoms with van der Waals surface area (Å²) in [6.45, 7) is 0. The van der Waals surface area contributed by atoms with Gasteiger partial charge in [-0.2, -0.15) is 0 Å². The van der Waals surface area contributed by atoms with Crippen LogP contribution in [0.2, 0.25) is 0 Å². The van der Waals surface area contributed by atoms with Crippen molar-refractivity contribution in [1.82, 2.24) is 5.32 Å². The number of carbonyl (C=O) groups is 2. The second-order valence-corrected chi connectivity index (χ2v) is 6.72. The average molecular weight is 309 g/mol. The number of hydrogen-bond acceptors (Lipinski definition) is 3. The first-order chi connectivity index (χ1) is 10.2. The van der Waals surface area contributed by atoms with E-state index in [0.29, 0.717) is 12.8 Å². The molecule has 1 heterocycles. The Bertz CT molecular complexity index is 458. The van der Waals surface area contributed by atoms with Gasteiger partial charge in [0.25, 0.3) is 0 Å². The van der Waals surface area contributed by atoms with Crippen LogP contribution in [0, 0.1) is 5.92 Å². The highest BCUT2D eigenvalue weighted by atomic mass is 32.1. The van der Waals surface area contributed by atoms with E-state index >= 15 is 0 Å². The van der Waals surface area contributed by atoms with E-state index in [2.05, 4.69) is 11.4 Å². The molecular weight excluding hydrogens is 286 g/mol. The van der Waals surface area contributed by atoms with Gasteiger partial charge >= 0.3 is 5.97 Å². The lowest BCUT2D eigenvalue weighted by Crippen LogP contribution is -2.42. The molecule has 1 aromatic rings. The fraction of sp³-hybridized carbons (Fsp3) is 0.625. The molecule has 0 saturated heterocycles. The number of aliphatic carboxylic acids is 1. The second-order valence-electron chi connectivity index (χ2n) is 5.69. The van der Waals surface area contributed by atoms with Crippen LogP contribution in [-0.4, -0.2) is 23.0 Å². The Labute approximate surface area is 129 Å². The predicted octanol–water partition coefficient (Wildman–Crippen LogP) is 3.22. The molecule has 1 saturated carbocycles. The number of nitrogens with one attached hydrogen (secondary N) is 1. The minimum Gasteiger partial charge on any atom is -0.481 e. The largest absolute Gasteiger partial charge is 0.481 e. The maximum absolute atomic E-state index is 12.0. The van der Waals surface area contributed by atoms with Crippen molar-refractivity contribution in [2.45, 2.75) is 57.4 Å². The van der Waals surface area contributed by atoms with Gasteiger partial charge in [-0.25, -0.2) is 0 Å². The molecule has 1 fully saturated rings. The van der Waals surface area contributed by atoms with E-state index in [-0.39, 0.29) is 11.9 Å². The molecule has 0 radical (unpaired) electrons. The molecule has 0 aromatic carbocycles. The van der Waals surface area contributed by atoms with Gasteiger partial charge in [-0.1, -0.05) is 25.3 Å². The van der Waals surface area contributed by atoms with Crippen LogP contribution in [0.1, 0.15) is 49.8 Å². The zero-order valence-electron chi connectivity index (χ0n) is 12.2. The minimum absolute atomic E-state index is 0.00953. The quantitative estimate of drug-likeness (QED) is 0.793. The van der Waals surface area contributed by atoms with Gasteiger partial charge in [0.1, 0.15) is 0 Å². The fourth-order valence-corrected chi connectivity index (χ4v) is 3.68. The highest BCUT2D eigenvalue weighted by Gasteiger charge is 2.30. The molecule has 0 bridgehead atoms. The lowest BCUT2D eigenvalue weighted by atomic mass is 9.94. The average Bonchev–Trinajstić information content (AvgIpc) is 2.84. The fourth-order valence-electron chi connectivity index (χ4n) is 2.93. The van der Waals surface area contributed by atoms with Crippen molar-refractivity contribution in [2.24, 2.45) is 5.92 Å². The van der Waals surface area contributed by atoms with Crippen molar-refractivity contribution in [1.29, 1.82) is 0 Å². The first kappa shape index (κ1) is 16.0. The zero-order valence-corrected chi connectivity index (χ0v) is 13.0. The van der Waals surface area contributed by atoms with Gasteiger partial charge in [-0.3, -0.25) is 9.59 Å². The highest BCUT2D eigenvalue weighted by Crippen LogP contribution is 2.24. The third kappa shape index (κ3) is 5.16. The number of carboxylic acids is 1. The first-order valence-corrected chi connectivity index (χ1v) is 8.59. The number of aryl methyl sites for hydroxylation is 1. The molecule has 2 atom stereocenters. The van der Waals surface area contributed by atoms with Crippen molar-refractivity contribution in [3.63, 3.8) is 0 Å². The Balaban J connectivity index is 1.77. The molecule has 1 amide bonds. The van der Waals surface area contributed by atoms with Crippen LogP contribution in [0.4, 0.5) is 0 Å². The summed E-state index contributed by atoms with van der Waals surface area (Å²) in [6.07, 6.45) is 6.68. The topological polar surface area (TPSA) is 66.4 Å². The Hall–Kier alpha value is -1.36. The van der Waals surface area contributed by atoms with Gasteiger partial charge < -0.3 is 10.4 Å². The van der Waals surface area contributed by atoms with Crippen LogP contribution in [0.3, 0.4) is 0 Å². The summed E-state index contributed by atoms with van der Waals surface area (Å²) in [5.74, 6) is -1.21. The van der Waals surface area contributed by atoms with E-state index in [4.69, 9.17) is 0 Å². The van der Waals surface area contributed by atoms with Crippen LogP contribution in [0.5, 0.6) is 0 Å². The summed E-state index contributed by atoms with van der Waals surface area (Å²) < 4.78 is 0. The molecule has 1 aromatic heterocycles. The van der Waals surface area contributed by atoms with Crippen molar-refractivity contribution in [3.05, 3.63) is 22.4 Å². The maximum Gasteiger partial charge on any atom is 0.308 e. The molecule has 0 aliphatic heterocycles. The highest BCUT2D eigenvalue weighted by molar-refractivity contribution is 7.09. The van der Waals surface area contributed by atoms with Crippen LogP contribution >= 0.6 is 11.3 Å². The smallest absolute Gasteiger partial charge is 0.308 e. The molecule has 0 unspecified atom stereocenters. The van der Waals surface area contributed by atoms with Gasteiger partial charge in [-0.05, 0) is 37.1 Å². The van der Waals surface area contributed by atoms with Crippen LogP contribution < -0.4 is 5.32 Å². The molecule has 2 N–H and O–H groups in total. The molecule has 1 aliphatic rings. The number of amides is 1. The van der Waals surface area contributed by atoms with E-state index in [1.807, 2.05) is 11.4 Å². The number of thiophene rings is 1. The Morgan fingerprint density at radius 2 is 2.10 bits per heavy atom. The number of carboxylic acid groups (broad SMARTS) is 1. The second kappa shape index (κ2) is 8.17. The van der Waals surface area contributed by atoms with Crippen molar-refractivity contribution in [2.75, 3.05) is 0 Å². The summed E-state index contributed by atoms with van der Waals surface area (Å²) >= 11 is 1.71. The first-order valence-electron chi connectivity index (χ1n) is 7.71. The van der Waals surface area contributed by atoms with Crippen LogP contribution in [0.15, 0.2) is 17.5 Å². The number of rotatable bonds is 6. The minimum atomic E-state index is -0.777. The zero-order chi connectivity index (χ0) is 15.1. The van der Waals surface area contributed by atoms with Crippen molar-refractivity contribution >= 4 is 23.2 Å². The van der Waals surface area contributed by atoms with Gasteiger partial charge in [0.2, 0.25) is 5.91 Å². The van der Waals surface area contributed by atoms with Crippen molar-refractivity contribution in [3.8, 4) is 0 Å². The van der Waals surface area contributed by atoms with E-state index < -0.39 is 11.9 Å². The Morgan fingerprint density at radius 1 is 1.29 bits per heavy atom. The molecule has 1 aliphatic carbocycles. The molecule has 2 rings (SSSR count). The third-order valence-corrected chi connectivity index (χ3v) is 5.02. The van der Waals surface area contributed by atoms with E-state index in [0.717, 1.165) is 38.5 Å². The van der Waals surface area contributed by atoms with Gasteiger partial charge in [0.05, 0.1) is 5.92 Å². The molecule has 0 spiro atoms. The van der Waals surface area contributed by atoms with E-state index in [1.54, 1.807) is 11.3 Å². The van der Waals surface area contributed by atoms with E-state index in [9.17, 15) is 14.7 Å².